The number of benzene rings is 17. The maximum Gasteiger partial charge on any atom is 0.320 e. The third-order valence-corrected chi connectivity index (χ3v) is 28.3. The van der Waals surface area contributed by atoms with E-state index in [-0.39, 0.29) is 31.1 Å². The van der Waals surface area contributed by atoms with Gasteiger partial charge in [0.15, 0.2) is 0 Å². The fourth-order valence-electron chi connectivity index (χ4n) is 27.7. The maximum absolute atomic E-state index is 14.2. The Hall–Kier alpha value is -8.80. The average Bonchev–Trinajstić information content (AvgIpc) is 1.38. The fourth-order valence-corrected chi connectivity index (χ4v) is 27.7. The van der Waals surface area contributed by atoms with Gasteiger partial charge in [-0.15, -0.1) is 0 Å². The van der Waals surface area contributed by atoms with Gasteiger partial charge in [-0.2, -0.15) is 0 Å². The van der Waals surface area contributed by atoms with Crippen molar-refractivity contribution in [2.24, 2.45) is 0 Å². The van der Waals surface area contributed by atoms with Gasteiger partial charge in [-0.25, -0.2) is 0 Å². The molecule has 1 heterocycles. The van der Waals surface area contributed by atoms with Crippen molar-refractivity contribution in [3.63, 3.8) is 0 Å². The number of ether oxygens (including phenoxy) is 5. The zero-order chi connectivity index (χ0) is 58.0. The SMILES string of the molecule is COCCOCCOCC1N(CCN(CC(=O)OC(C)(C)C)CC(=O)OC(C)(C)C)CC23c4c5c6c7c8c9c(c%10c%11c2c2c%12c4c4c%13c5c5c7c7c8c8c%14c9c%10c9c%10c%11c2c2c%11c%12c4c4c%12c%13c5c5c7c7c8c8c%14c9c9c%10c2c2c%11c4c4c%12c5c7c5c8c9c2c45)C613. The van der Waals surface area contributed by atoms with Crippen LogP contribution < -0.4 is 0 Å². The van der Waals surface area contributed by atoms with E-state index in [4.69, 9.17) is 23.7 Å². The Labute approximate surface area is 507 Å². The first-order chi connectivity index (χ1) is 44.4. The predicted molar refractivity (Wildman–Crippen MR) is 371 cm³/mol. The maximum atomic E-state index is 14.2. The Morgan fingerprint density at radius 1 is 0.363 bits per heavy atom. The van der Waals surface area contributed by atoms with E-state index < -0.39 is 22.0 Å². The molecule has 28 aromatic carbocycles. The van der Waals surface area contributed by atoms with E-state index in [9.17, 15) is 9.59 Å². The van der Waals surface area contributed by atoms with Crippen LogP contribution in [0.25, 0.3) is 291 Å². The van der Waals surface area contributed by atoms with E-state index in [1.165, 1.54) is 0 Å². The van der Waals surface area contributed by atoms with Crippen LogP contribution in [0.4, 0.5) is 0 Å². The number of hydrogen-bond donors (Lipinski definition) is 0. The van der Waals surface area contributed by atoms with Gasteiger partial charge in [0.25, 0.3) is 0 Å². The summed E-state index contributed by atoms with van der Waals surface area (Å²) in [7, 11) is 1.73. The fraction of sp³-hybridized carbons (Fsp3) is 0.268. The molecule has 28 aromatic rings. The van der Waals surface area contributed by atoms with Crippen LogP contribution in [-0.4, -0.2) is 112 Å². The van der Waals surface area contributed by atoms with Gasteiger partial charge in [-0.3, -0.25) is 19.4 Å². The summed E-state index contributed by atoms with van der Waals surface area (Å²) in [6.07, 6.45) is 0. The number of hydrogen-bond acceptors (Lipinski definition) is 9. The highest BCUT2D eigenvalue weighted by atomic mass is 16.6. The van der Waals surface area contributed by atoms with Crippen molar-refractivity contribution in [3.05, 3.63) is 22.3 Å². The second kappa shape index (κ2) is 10.9. The summed E-state index contributed by atoms with van der Waals surface area (Å²) < 4.78 is 31.4. The van der Waals surface area contributed by atoms with Crippen molar-refractivity contribution in [1.82, 2.24) is 9.80 Å². The number of esters is 2. The minimum absolute atomic E-state index is 0.0253. The van der Waals surface area contributed by atoms with Gasteiger partial charge in [0.05, 0.1) is 57.0 Å². The molecule has 0 radical (unpaired) electrons. The van der Waals surface area contributed by atoms with E-state index in [2.05, 4.69) is 4.90 Å². The van der Waals surface area contributed by atoms with Crippen LogP contribution in [0.2, 0.25) is 0 Å². The minimum atomic E-state index is -0.688. The van der Waals surface area contributed by atoms with Crippen LogP contribution in [0.5, 0.6) is 0 Å². The molecule has 0 bridgehead atoms. The lowest BCUT2D eigenvalue weighted by Gasteiger charge is -2.50. The number of carbonyl (C=O) groups excluding carboxylic acids is 2. The zero-order valence-corrected chi connectivity index (χ0v) is 50.4. The molecule has 9 nitrogen and oxygen atoms in total. The Balaban J connectivity index is 0.843. The summed E-state index contributed by atoms with van der Waals surface area (Å²) in [5.41, 5.74) is 3.97. The number of rotatable bonds is 15. The molecule has 3 atom stereocenters. The minimum Gasteiger partial charge on any atom is -0.459 e. The molecule has 5 aliphatic rings. The molecule has 91 heavy (non-hydrogen) atoms. The topological polar surface area (TPSA) is 86.8 Å². The van der Waals surface area contributed by atoms with E-state index in [0.29, 0.717) is 46.1 Å². The second-order valence-electron chi connectivity index (χ2n) is 33.0. The van der Waals surface area contributed by atoms with E-state index in [1.54, 1.807) is 320 Å². The molecule has 3 unspecified atom stereocenters. The van der Waals surface area contributed by atoms with Gasteiger partial charge in [0, 0.05) is 32.8 Å². The quantitative estimate of drug-likeness (QED) is 0.0566. The molecule has 1 fully saturated rings. The van der Waals surface area contributed by atoms with E-state index in [0.717, 1.165) is 6.54 Å². The van der Waals surface area contributed by atoms with Crippen molar-refractivity contribution >= 4 is 303 Å². The van der Waals surface area contributed by atoms with Crippen molar-refractivity contribution in [2.75, 3.05) is 72.9 Å². The highest BCUT2D eigenvalue weighted by Crippen LogP contribution is 2.86. The average molecular weight is 1170 g/mol. The highest BCUT2D eigenvalue weighted by molar-refractivity contribution is 6.82. The molecule has 1 saturated heterocycles. The van der Waals surface area contributed by atoms with Gasteiger partial charge < -0.3 is 23.7 Å². The normalized spacial score (nSPS) is 21.5. The van der Waals surface area contributed by atoms with Crippen molar-refractivity contribution in [3.8, 4) is 0 Å². The van der Waals surface area contributed by atoms with Gasteiger partial charge in [-0.1, -0.05) is 0 Å². The zero-order valence-electron chi connectivity index (χ0n) is 50.4. The van der Waals surface area contributed by atoms with Crippen LogP contribution in [0.15, 0.2) is 0 Å². The van der Waals surface area contributed by atoms with Crippen LogP contribution >= 0.6 is 0 Å². The summed E-state index contributed by atoms with van der Waals surface area (Å²) in [5, 5.41) is 85.4. The summed E-state index contributed by atoms with van der Waals surface area (Å²) in [6, 6.07) is -0.146. The van der Waals surface area contributed by atoms with Gasteiger partial charge in [0.1, 0.15) is 11.2 Å². The molecule has 0 N–H and O–H groups in total. The summed E-state index contributed by atoms with van der Waals surface area (Å²) >= 11 is 0. The number of likely N-dealkylation sites (tertiary alicyclic amines) is 1. The monoisotopic (exact) mass is 1170 g/mol. The molecular formula is C82H42N2O7. The third kappa shape index (κ3) is 3.01. The lowest BCUT2D eigenvalue weighted by atomic mass is 9.50. The second-order valence-corrected chi connectivity index (χ2v) is 33.0. The number of carbonyl (C=O) groups is 2. The molecule has 2 spiro atoms. The lowest BCUT2D eigenvalue weighted by molar-refractivity contribution is -0.160. The van der Waals surface area contributed by atoms with Crippen LogP contribution in [0.3, 0.4) is 0 Å². The van der Waals surface area contributed by atoms with Gasteiger partial charge in [0.2, 0.25) is 0 Å². The van der Waals surface area contributed by atoms with Gasteiger partial charge in [-0.05, 0) is 355 Å². The standard InChI is InChI=1S/C82H42N2O7/c1-79(2,3)90-19(85)14-83(15-20(86)91-80(4,5)6)8-9-84-17-81-75-68-61-49-41-32-23-21-22-24-27(23)36-43(41)51-52-44(36)42-33(24)35-31-26(22)29-28-25(21)30-34(32)47(49)55-53-39(30)37(28)45-46-38(29)40(31)54-56-48(35)50(42)62-64(52)73(72(75)63(51)61)77-70(62)67(56)71-60(54)58(46)65-57(45)59(53)69(66(55)68)76(81)74(65)78(71)82(77,81)18(84)16-89-13-12-88-11-10-87-7/h18H,8-17H2,1-7H3. The third-order valence-electron chi connectivity index (χ3n) is 28.3. The summed E-state index contributed by atoms with van der Waals surface area (Å²) in [4.78, 5) is 33.4. The van der Waals surface area contributed by atoms with E-state index in [1.807, 2.05) is 46.4 Å². The van der Waals surface area contributed by atoms with Gasteiger partial charge >= 0.3 is 11.9 Å². The molecule has 0 aromatic heterocycles. The molecule has 0 amide bonds. The Morgan fingerprint density at radius 3 is 0.956 bits per heavy atom. The molecule has 9 heteroatoms. The number of nitrogens with zero attached hydrogens (tertiary/aromatic N) is 2. The molecule has 4 aliphatic carbocycles. The molecule has 0 saturated carbocycles. The summed E-state index contributed by atoms with van der Waals surface area (Å²) in [5.74, 6) is -0.677. The van der Waals surface area contributed by atoms with E-state index >= 15 is 0 Å². The Kier molecular flexibility index (Phi) is 5.05. The number of methoxy groups -OCH3 is 1. The first-order valence-electron chi connectivity index (χ1n) is 33.7. The summed E-state index contributed by atoms with van der Waals surface area (Å²) in [6.45, 7) is 15.8. The predicted octanol–water partition coefficient (Wildman–Crippen LogP) is 17.6. The van der Waals surface area contributed by atoms with Crippen LogP contribution in [0.1, 0.15) is 63.8 Å². The van der Waals surface area contributed by atoms with Crippen molar-refractivity contribution in [2.45, 2.75) is 69.6 Å². The Morgan fingerprint density at radius 2 is 0.615 bits per heavy atom. The van der Waals surface area contributed by atoms with Crippen molar-refractivity contribution in [1.29, 1.82) is 0 Å². The Bertz CT molecular complexity index is 7970. The van der Waals surface area contributed by atoms with Crippen LogP contribution in [0, 0.1) is 0 Å². The largest absolute Gasteiger partial charge is 0.459 e. The van der Waals surface area contributed by atoms with Crippen LogP contribution in [-0.2, 0) is 44.1 Å². The smallest absolute Gasteiger partial charge is 0.320 e. The molecular weight excluding hydrogens is 1120 g/mol. The highest BCUT2D eigenvalue weighted by Gasteiger charge is 2.76. The molecule has 1 aliphatic heterocycles. The molecule has 422 valence electrons. The van der Waals surface area contributed by atoms with Crippen molar-refractivity contribution < 1.29 is 33.3 Å². The first kappa shape index (κ1) is 42.3. The first-order valence-corrected chi connectivity index (χ1v) is 33.7. The lowest BCUT2D eigenvalue weighted by Crippen LogP contribution is -2.55. The molecule has 33 rings (SSSR count).